The zero-order chi connectivity index (χ0) is 15.9. The molecule has 1 heterocycles. The lowest BCUT2D eigenvalue weighted by Crippen LogP contribution is -2.35. The van der Waals surface area contributed by atoms with Gasteiger partial charge in [-0.05, 0) is 42.0 Å². The summed E-state index contributed by atoms with van der Waals surface area (Å²) in [7, 11) is 1.78. The summed E-state index contributed by atoms with van der Waals surface area (Å²) in [5.74, 6) is 0.569. The Morgan fingerprint density at radius 2 is 1.86 bits per heavy atom. The Morgan fingerprint density at radius 1 is 1.18 bits per heavy atom. The number of amides is 1. The van der Waals surface area contributed by atoms with Gasteiger partial charge in [-0.3, -0.25) is 4.79 Å². The van der Waals surface area contributed by atoms with Crippen LogP contribution in [0.4, 0.5) is 0 Å². The van der Waals surface area contributed by atoms with Crippen LogP contribution in [0.25, 0.3) is 0 Å². The van der Waals surface area contributed by atoms with Crippen LogP contribution in [0.5, 0.6) is 0 Å². The molecule has 0 aliphatic carbocycles. The molecule has 22 heavy (non-hydrogen) atoms. The summed E-state index contributed by atoms with van der Waals surface area (Å²) in [6.45, 7) is 4.76. The average molecular weight is 316 g/mol. The molecule has 1 amide bonds. The normalized spacial score (nSPS) is 13.6. The zero-order valence-corrected chi connectivity index (χ0v) is 14.2. The van der Waals surface area contributed by atoms with E-state index in [0.29, 0.717) is 12.5 Å². The Kier molecular flexibility index (Phi) is 6.16. The highest BCUT2D eigenvalue weighted by molar-refractivity contribution is 7.10. The van der Waals surface area contributed by atoms with Gasteiger partial charge < -0.3 is 10.6 Å². The molecule has 3 nitrogen and oxygen atoms in total. The van der Waals surface area contributed by atoms with E-state index in [9.17, 15) is 4.79 Å². The molecule has 2 N–H and O–H groups in total. The Balaban J connectivity index is 2.23. The molecule has 0 aliphatic rings. The molecule has 0 bridgehead atoms. The van der Waals surface area contributed by atoms with Crippen LogP contribution in [0, 0.1) is 0 Å². The second kappa shape index (κ2) is 8.11. The fourth-order valence-electron chi connectivity index (χ4n) is 2.40. The van der Waals surface area contributed by atoms with Gasteiger partial charge in [0.15, 0.2) is 0 Å². The van der Waals surface area contributed by atoms with Crippen molar-refractivity contribution in [1.29, 1.82) is 0 Å². The molecular weight excluding hydrogens is 292 g/mol. The summed E-state index contributed by atoms with van der Waals surface area (Å²) in [6.07, 6.45) is 1.13. The number of carbonyl (C=O) groups excluding carboxylic acids is 1. The molecule has 4 heteroatoms. The molecule has 118 valence electrons. The highest BCUT2D eigenvalue weighted by atomic mass is 32.1. The van der Waals surface area contributed by atoms with E-state index in [1.165, 1.54) is 5.56 Å². The summed E-state index contributed by atoms with van der Waals surface area (Å²) >= 11 is 1.67. The molecule has 2 rings (SSSR count). The van der Waals surface area contributed by atoms with Crippen LogP contribution in [0.3, 0.4) is 0 Å². The first-order valence-electron chi connectivity index (χ1n) is 7.73. The molecular formula is C18H24N2OS. The minimum atomic E-state index is -0.0770. The van der Waals surface area contributed by atoms with Crippen LogP contribution in [-0.4, -0.2) is 19.5 Å². The quantitative estimate of drug-likeness (QED) is 0.818. The fourth-order valence-corrected chi connectivity index (χ4v) is 3.20. The van der Waals surface area contributed by atoms with Gasteiger partial charge in [-0.1, -0.05) is 44.2 Å². The molecule has 0 spiro atoms. The maximum Gasteiger partial charge on any atom is 0.234 e. The number of rotatable bonds is 7. The molecule has 0 aliphatic heterocycles. The SMILES string of the molecule is CCC(C)c1ccc(C(NC(=O)CNC)c2cccs2)cc1. The number of likely N-dealkylation sites (N-methyl/N-ethyl adjacent to an activating group) is 1. The first-order chi connectivity index (χ1) is 10.7. The third kappa shape index (κ3) is 4.18. The number of carbonyl (C=O) groups is 1. The van der Waals surface area contributed by atoms with Crippen molar-refractivity contribution in [2.24, 2.45) is 0 Å². The first-order valence-corrected chi connectivity index (χ1v) is 8.60. The molecule has 2 atom stereocenters. The predicted octanol–water partition coefficient (Wildman–Crippen LogP) is 3.69. The van der Waals surface area contributed by atoms with Crippen LogP contribution in [0.2, 0.25) is 0 Å². The average Bonchev–Trinajstić information content (AvgIpc) is 3.06. The molecule has 2 aromatic rings. The van der Waals surface area contributed by atoms with Crippen molar-refractivity contribution < 1.29 is 4.79 Å². The minimum absolute atomic E-state index is 0.00639. The maximum absolute atomic E-state index is 12.0. The lowest BCUT2D eigenvalue weighted by molar-refractivity contribution is -0.120. The van der Waals surface area contributed by atoms with E-state index in [-0.39, 0.29) is 11.9 Å². The summed E-state index contributed by atoms with van der Waals surface area (Å²) in [4.78, 5) is 13.1. The summed E-state index contributed by atoms with van der Waals surface area (Å²) in [5.41, 5.74) is 2.47. The van der Waals surface area contributed by atoms with Gasteiger partial charge in [-0.25, -0.2) is 0 Å². The van der Waals surface area contributed by atoms with Crippen LogP contribution < -0.4 is 10.6 Å². The first kappa shape index (κ1) is 16.7. The molecule has 0 saturated heterocycles. The molecule has 0 fully saturated rings. The summed E-state index contributed by atoms with van der Waals surface area (Å²) < 4.78 is 0. The smallest absolute Gasteiger partial charge is 0.234 e. The molecule has 1 aromatic heterocycles. The number of nitrogens with one attached hydrogen (secondary N) is 2. The van der Waals surface area contributed by atoms with E-state index in [1.807, 2.05) is 11.4 Å². The Labute approximate surface area is 136 Å². The lowest BCUT2D eigenvalue weighted by atomic mass is 9.95. The summed E-state index contributed by atoms with van der Waals surface area (Å²) in [6, 6.07) is 12.6. The Morgan fingerprint density at radius 3 is 2.41 bits per heavy atom. The molecule has 0 saturated carbocycles. The van der Waals surface area contributed by atoms with Gasteiger partial charge in [-0.15, -0.1) is 11.3 Å². The van der Waals surface area contributed by atoms with Gasteiger partial charge in [0.1, 0.15) is 0 Å². The highest BCUT2D eigenvalue weighted by Gasteiger charge is 2.17. The van der Waals surface area contributed by atoms with Crippen molar-refractivity contribution in [3.8, 4) is 0 Å². The van der Waals surface area contributed by atoms with E-state index in [2.05, 4.69) is 54.8 Å². The molecule has 2 unspecified atom stereocenters. The van der Waals surface area contributed by atoms with Gasteiger partial charge >= 0.3 is 0 Å². The number of hydrogen-bond acceptors (Lipinski definition) is 3. The van der Waals surface area contributed by atoms with Gasteiger partial charge in [0, 0.05) is 4.88 Å². The van der Waals surface area contributed by atoms with Crippen molar-refractivity contribution >= 4 is 17.2 Å². The van der Waals surface area contributed by atoms with Gasteiger partial charge in [-0.2, -0.15) is 0 Å². The van der Waals surface area contributed by atoms with Crippen molar-refractivity contribution in [2.75, 3.05) is 13.6 Å². The van der Waals surface area contributed by atoms with Crippen LogP contribution in [0.15, 0.2) is 41.8 Å². The van der Waals surface area contributed by atoms with Crippen molar-refractivity contribution in [3.05, 3.63) is 57.8 Å². The van der Waals surface area contributed by atoms with E-state index >= 15 is 0 Å². The fraction of sp³-hybridized carbons (Fsp3) is 0.389. The number of hydrogen-bond donors (Lipinski definition) is 2. The van der Waals surface area contributed by atoms with E-state index in [0.717, 1.165) is 16.9 Å². The molecule has 0 radical (unpaired) electrons. The van der Waals surface area contributed by atoms with Crippen molar-refractivity contribution in [1.82, 2.24) is 10.6 Å². The largest absolute Gasteiger partial charge is 0.343 e. The van der Waals surface area contributed by atoms with E-state index in [4.69, 9.17) is 0 Å². The van der Waals surface area contributed by atoms with Gasteiger partial charge in [0.25, 0.3) is 0 Å². The second-order valence-electron chi connectivity index (χ2n) is 5.52. The number of benzene rings is 1. The lowest BCUT2D eigenvalue weighted by Gasteiger charge is -2.19. The van der Waals surface area contributed by atoms with Crippen molar-refractivity contribution in [3.63, 3.8) is 0 Å². The molecule has 1 aromatic carbocycles. The highest BCUT2D eigenvalue weighted by Crippen LogP contribution is 2.28. The topological polar surface area (TPSA) is 41.1 Å². The van der Waals surface area contributed by atoms with E-state index < -0.39 is 0 Å². The standard InChI is InChI=1S/C18H24N2OS/c1-4-13(2)14-7-9-15(10-8-14)18(16-6-5-11-22-16)20-17(21)12-19-3/h5-11,13,18-19H,4,12H2,1-3H3,(H,20,21). The maximum atomic E-state index is 12.0. The monoisotopic (exact) mass is 316 g/mol. The Bertz CT molecular complexity index is 578. The third-order valence-electron chi connectivity index (χ3n) is 3.92. The van der Waals surface area contributed by atoms with Crippen LogP contribution in [0.1, 0.15) is 48.2 Å². The second-order valence-corrected chi connectivity index (χ2v) is 6.50. The zero-order valence-electron chi connectivity index (χ0n) is 13.4. The third-order valence-corrected chi connectivity index (χ3v) is 4.86. The Hall–Kier alpha value is -1.65. The van der Waals surface area contributed by atoms with Gasteiger partial charge in [0.05, 0.1) is 12.6 Å². The number of thiophene rings is 1. The van der Waals surface area contributed by atoms with Gasteiger partial charge in [0.2, 0.25) is 5.91 Å². The minimum Gasteiger partial charge on any atom is -0.343 e. The van der Waals surface area contributed by atoms with Crippen molar-refractivity contribution in [2.45, 2.75) is 32.2 Å². The van der Waals surface area contributed by atoms with E-state index in [1.54, 1.807) is 18.4 Å². The van der Waals surface area contributed by atoms with Crippen LogP contribution in [-0.2, 0) is 4.79 Å². The van der Waals surface area contributed by atoms with Crippen LogP contribution >= 0.6 is 11.3 Å². The predicted molar refractivity (Wildman–Crippen MR) is 93.4 cm³/mol. The summed E-state index contributed by atoms with van der Waals surface area (Å²) in [5, 5.41) is 8.04.